The molecule has 0 aromatic heterocycles. The fraction of sp³-hybridized carbons (Fsp3) is 0.294. The van der Waals surface area contributed by atoms with Crippen molar-refractivity contribution in [3.63, 3.8) is 0 Å². The second-order valence-electron chi connectivity index (χ2n) is 4.38. The Balaban J connectivity index is 0.000000239. The fourth-order valence-electron chi connectivity index (χ4n) is 1.76. The topological polar surface area (TPSA) is 0 Å². The zero-order valence-corrected chi connectivity index (χ0v) is 13.4. The van der Waals surface area contributed by atoms with E-state index in [1.54, 1.807) is 0 Å². The minimum atomic E-state index is 0. The first-order chi connectivity index (χ1) is 8.30. The summed E-state index contributed by atoms with van der Waals surface area (Å²) in [5.74, 6) is 1.31. The molecule has 3 aliphatic rings. The van der Waals surface area contributed by atoms with Crippen molar-refractivity contribution < 1.29 is 26.2 Å². The number of rotatable bonds is 0. The van der Waals surface area contributed by atoms with E-state index < -0.39 is 0 Å². The maximum absolute atomic E-state index is 3.96. The van der Waals surface area contributed by atoms with Crippen LogP contribution in [0.15, 0.2) is 0 Å². The molecule has 3 fully saturated rings. The standard InChI is InChI=1S/C7H12.2C5H5.Zr/c1-6-4-3-5-7(6)2;2*1-2-4-5-3-1;/h6-7H,1-5H2;2*1-5H;/q-2;;;+2. The quantitative estimate of drug-likeness (QED) is 0.590. The zero-order chi connectivity index (χ0) is 12.3. The number of hydrogen-bond donors (Lipinski definition) is 0. The minimum absolute atomic E-state index is 0. The minimum Gasteiger partial charge on any atom is -0.342 e. The molecule has 0 bridgehead atoms. The Morgan fingerprint density at radius 1 is 0.556 bits per heavy atom. The molecule has 3 saturated carbocycles. The van der Waals surface area contributed by atoms with E-state index in [4.69, 9.17) is 0 Å². The van der Waals surface area contributed by atoms with E-state index in [9.17, 15) is 0 Å². The van der Waals surface area contributed by atoms with Gasteiger partial charge >= 0.3 is 26.2 Å². The molecular weight excluding hydrogens is 295 g/mol. The van der Waals surface area contributed by atoms with Crippen molar-refractivity contribution in [2.45, 2.75) is 19.3 Å². The molecule has 18 heavy (non-hydrogen) atoms. The molecule has 94 valence electrons. The Kier molecular flexibility index (Phi) is 13.5. The van der Waals surface area contributed by atoms with Gasteiger partial charge in [0.1, 0.15) is 0 Å². The second-order valence-corrected chi connectivity index (χ2v) is 4.38. The van der Waals surface area contributed by atoms with Crippen molar-refractivity contribution in [3.8, 4) is 0 Å². The molecule has 3 rings (SSSR count). The van der Waals surface area contributed by atoms with Crippen LogP contribution in [0.2, 0.25) is 0 Å². The molecule has 10 radical (unpaired) electrons. The van der Waals surface area contributed by atoms with E-state index in [1.807, 2.05) is 64.2 Å². The van der Waals surface area contributed by atoms with Crippen molar-refractivity contribution in [3.05, 3.63) is 78.1 Å². The second kappa shape index (κ2) is 12.9. The molecule has 0 aromatic rings. The summed E-state index contributed by atoms with van der Waals surface area (Å²) in [6.07, 6.45) is 23.9. The molecule has 0 aromatic carbocycles. The van der Waals surface area contributed by atoms with Gasteiger partial charge in [-0.2, -0.15) is 11.8 Å². The number of hydrogen-bond acceptors (Lipinski definition) is 0. The van der Waals surface area contributed by atoms with Gasteiger partial charge in [-0.05, 0) is 64.2 Å². The smallest absolute Gasteiger partial charge is 0.342 e. The normalized spacial score (nSPS) is 29.7. The maximum Gasteiger partial charge on any atom is 2.00 e. The SMILES string of the molecule is [CH2-]C1CCCC1[CH2-].[CH]1[CH][CH][CH][CH]1.[CH]1[CH][CH][CH][CH]1.[Zr+2]. The van der Waals surface area contributed by atoms with Gasteiger partial charge in [0.2, 0.25) is 0 Å². The third-order valence-corrected chi connectivity index (χ3v) is 2.93. The summed E-state index contributed by atoms with van der Waals surface area (Å²) in [6, 6.07) is 0. The van der Waals surface area contributed by atoms with E-state index >= 15 is 0 Å². The Bertz CT molecular complexity index is 126. The molecule has 3 aliphatic carbocycles. The fourth-order valence-corrected chi connectivity index (χ4v) is 1.76. The van der Waals surface area contributed by atoms with Crippen LogP contribution in [-0.2, 0) is 26.2 Å². The van der Waals surface area contributed by atoms with E-state index in [-0.39, 0.29) is 26.2 Å². The van der Waals surface area contributed by atoms with Gasteiger partial charge in [0.15, 0.2) is 0 Å². The Labute approximate surface area is 135 Å². The largest absolute Gasteiger partial charge is 2.00 e. The van der Waals surface area contributed by atoms with Crippen LogP contribution in [0.4, 0.5) is 0 Å². The van der Waals surface area contributed by atoms with Crippen molar-refractivity contribution in [2.24, 2.45) is 11.8 Å². The third kappa shape index (κ3) is 9.77. The molecule has 2 unspecified atom stereocenters. The molecule has 0 saturated heterocycles. The van der Waals surface area contributed by atoms with Gasteiger partial charge in [-0.3, -0.25) is 0 Å². The van der Waals surface area contributed by atoms with E-state index in [2.05, 4.69) is 13.8 Å². The monoisotopic (exact) mass is 316 g/mol. The van der Waals surface area contributed by atoms with Crippen molar-refractivity contribution in [1.29, 1.82) is 0 Å². The Morgan fingerprint density at radius 3 is 0.889 bits per heavy atom. The van der Waals surface area contributed by atoms with E-state index in [0.717, 1.165) is 0 Å². The molecule has 0 amide bonds. The van der Waals surface area contributed by atoms with Crippen LogP contribution in [0.25, 0.3) is 0 Å². The van der Waals surface area contributed by atoms with Crippen LogP contribution in [0.5, 0.6) is 0 Å². The van der Waals surface area contributed by atoms with E-state index in [0.29, 0.717) is 11.8 Å². The maximum atomic E-state index is 3.96. The summed E-state index contributed by atoms with van der Waals surface area (Å²) in [5, 5.41) is 0. The van der Waals surface area contributed by atoms with Gasteiger partial charge in [-0.1, -0.05) is 19.3 Å². The molecule has 0 aliphatic heterocycles. The molecule has 2 atom stereocenters. The predicted octanol–water partition coefficient (Wildman–Crippen LogP) is 4.11. The first kappa shape index (κ1) is 18.9. The molecule has 0 heterocycles. The third-order valence-electron chi connectivity index (χ3n) is 2.93. The molecular formula is C17H22Zr. The van der Waals surface area contributed by atoms with Crippen LogP contribution in [0, 0.1) is 89.9 Å². The van der Waals surface area contributed by atoms with Gasteiger partial charge in [0.25, 0.3) is 0 Å². The van der Waals surface area contributed by atoms with Crippen molar-refractivity contribution in [1.82, 2.24) is 0 Å². The van der Waals surface area contributed by atoms with Crippen LogP contribution in [-0.4, -0.2) is 0 Å². The van der Waals surface area contributed by atoms with Crippen LogP contribution >= 0.6 is 0 Å². The first-order valence-electron chi connectivity index (χ1n) is 6.30. The Hall–Kier alpha value is 0.883. The van der Waals surface area contributed by atoms with Crippen molar-refractivity contribution >= 4 is 0 Å². The zero-order valence-electron chi connectivity index (χ0n) is 11.0. The summed E-state index contributed by atoms with van der Waals surface area (Å²) in [4.78, 5) is 0. The molecule has 0 nitrogen and oxygen atoms in total. The van der Waals surface area contributed by atoms with Gasteiger partial charge in [0.05, 0.1) is 0 Å². The average molecular weight is 318 g/mol. The summed E-state index contributed by atoms with van der Waals surface area (Å²) in [7, 11) is 0. The van der Waals surface area contributed by atoms with Crippen LogP contribution < -0.4 is 0 Å². The molecule has 0 spiro atoms. The van der Waals surface area contributed by atoms with Gasteiger partial charge in [-0.15, -0.1) is 0 Å². The molecule has 0 N–H and O–H groups in total. The summed E-state index contributed by atoms with van der Waals surface area (Å²) >= 11 is 0. The first-order valence-corrected chi connectivity index (χ1v) is 6.30. The van der Waals surface area contributed by atoms with Gasteiger partial charge in [0, 0.05) is 0 Å². The summed E-state index contributed by atoms with van der Waals surface area (Å²) < 4.78 is 0. The summed E-state index contributed by atoms with van der Waals surface area (Å²) in [6.45, 7) is 7.91. The predicted molar refractivity (Wildman–Crippen MR) is 74.5 cm³/mol. The van der Waals surface area contributed by atoms with E-state index in [1.165, 1.54) is 19.3 Å². The van der Waals surface area contributed by atoms with Crippen LogP contribution in [0.1, 0.15) is 19.3 Å². The van der Waals surface area contributed by atoms with Crippen molar-refractivity contribution in [2.75, 3.05) is 0 Å². The summed E-state index contributed by atoms with van der Waals surface area (Å²) in [5.41, 5.74) is 0. The van der Waals surface area contributed by atoms with Crippen LogP contribution in [0.3, 0.4) is 0 Å². The Morgan fingerprint density at radius 2 is 0.778 bits per heavy atom. The van der Waals surface area contributed by atoms with Gasteiger partial charge in [-0.25, -0.2) is 0 Å². The van der Waals surface area contributed by atoms with Gasteiger partial charge < -0.3 is 13.8 Å². The average Bonchev–Trinajstić information content (AvgIpc) is 3.05. The molecule has 1 heteroatoms.